The molecule has 0 aromatic heterocycles. The zero-order valence-electron chi connectivity index (χ0n) is 12.7. The summed E-state index contributed by atoms with van der Waals surface area (Å²) in [5.41, 5.74) is -0.818. The van der Waals surface area contributed by atoms with Crippen molar-refractivity contribution >= 4 is 15.9 Å². The summed E-state index contributed by atoms with van der Waals surface area (Å²) < 4.78 is 64.7. The fourth-order valence-corrected chi connectivity index (χ4v) is 3.67. The summed E-state index contributed by atoms with van der Waals surface area (Å²) in [5.74, 6) is -0.674. The van der Waals surface area contributed by atoms with Crippen molar-refractivity contribution in [3.05, 3.63) is 48.0 Å². The predicted octanol–water partition coefficient (Wildman–Crippen LogP) is 1.91. The highest BCUT2D eigenvalue weighted by atomic mass is 32.2. The van der Waals surface area contributed by atoms with Crippen molar-refractivity contribution in [3.63, 3.8) is 0 Å². The minimum atomic E-state index is -4.51. The molecule has 2 rings (SSSR count). The second-order valence-corrected chi connectivity index (χ2v) is 7.32. The molecular weight excluding hydrogens is 345 g/mol. The molecule has 1 atom stereocenters. The van der Waals surface area contributed by atoms with Gasteiger partial charge in [-0.2, -0.15) is 13.2 Å². The normalized spacial score (nSPS) is 18.9. The highest BCUT2D eigenvalue weighted by molar-refractivity contribution is 7.89. The fourth-order valence-electron chi connectivity index (χ4n) is 2.60. The number of benzene rings is 1. The molecule has 1 N–H and O–H groups in total. The Bertz CT molecular complexity index is 732. The van der Waals surface area contributed by atoms with Crippen LogP contribution in [0.3, 0.4) is 0 Å². The molecular formula is C15H17F3N2O3S. The summed E-state index contributed by atoms with van der Waals surface area (Å²) in [6.07, 6.45) is -3.37. The van der Waals surface area contributed by atoms with Gasteiger partial charge in [-0.1, -0.05) is 24.3 Å². The molecule has 1 saturated heterocycles. The first-order chi connectivity index (χ1) is 11.1. The number of hydrogen-bond acceptors (Lipinski definition) is 3. The topological polar surface area (TPSA) is 66.5 Å². The molecule has 5 nitrogen and oxygen atoms in total. The smallest absolute Gasteiger partial charge is 0.337 e. The molecule has 24 heavy (non-hydrogen) atoms. The summed E-state index contributed by atoms with van der Waals surface area (Å²) >= 11 is 0. The van der Waals surface area contributed by atoms with E-state index in [1.165, 1.54) is 29.2 Å². The molecule has 0 radical (unpaired) electrons. The maximum absolute atomic E-state index is 13.0. The average Bonchev–Trinajstić information content (AvgIpc) is 2.77. The summed E-state index contributed by atoms with van der Waals surface area (Å²) in [6, 6.07) is 4.37. The van der Waals surface area contributed by atoms with Gasteiger partial charge in [0.15, 0.2) is 0 Å². The first-order valence-electron chi connectivity index (χ1n) is 7.16. The second-order valence-electron chi connectivity index (χ2n) is 5.52. The van der Waals surface area contributed by atoms with Crippen LogP contribution < -0.4 is 4.72 Å². The lowest BCUT2D eigenvalue weighted by atomic mass is 10.1. The van der Waals surface area contributed by atoms with Gasteiger partial charge in [-0.3, -0.25) is 4.79 Å². The number of sulfonamides is 1. The Hall–Kier alpha value is -1.87. The van der Waals surface area contributed by atoms with E-state index in [4.69, 9.17) is 0 Å². The standard InChI is InChI=1S/C15H17F3N2O3S/c1-2-7-24(22,23)19-12-8-14(21)20(10-12)9-11-5-3-4-6-13(11)15(16,17)18/h2-6,12,19H,1,7-10H2/t12-/m1/s1. The number of carbonyl (C=O) groups excluding carboxylic acids is 1. The van der Waals surface area contributed by atoms with Crippen molar-refractivity contribution in [1.29, 1.82) is 0 Å². The number of carbonyl (C=O) groups is 1. The molecule has 1 amide bonds. The van der Waals surface area contributed by atoms with Gasteiger partial charge in [-0.05, 0) is 11.6 Å². The van der Waals surface area contributed by atoms with Gasteiger partial charge in [0, 0.05) is 25.6 Å². The molecule has 0 aliphatic carbocycles. The molecule has 1 aromatic carbocycles. The molecule has 0 unspecified atom stereocenters. The zero-order chi connectivity index (χ0) is 18.0. The van der Waals surface area contributed by atoms with Crippen LogP contribution in [0.5, 0.6) is 0 Å². The first-order valence-corrected chi connectivity index (χ1v) is 8.81. The van der Waals surface area contributed by atoms with Crippen LogP contribution in [-0.2, 0) is 27.5 Å². The van der Waals surface area contributed by atoms with E-state index in [-0.39, 0.29) is 30.8 Å². The summed E-state index contributed by atoms with van der Waals surface area (Å²) in [4.78, 5) is 13.2. The molecule has 1 heterocycles. The fraction of sp³-hybridized carbons (Fsp3) is 0.400. The van der Waals surface area contributed by atoms with Crippen LogP contribution in [0.25, 0.3) is 0 Å². The van der Waals surface area contributed by atoms with E-state index < -0.39 is 33.7 Å². The lowest BCUT2D eigenvalue weighted by molar-refractivity contribution is -0.139. The van der Waals surface area contributed by atoms with E-state index in [9.17, 15) is 26.4 Å². The van der Waals surface area contributed by atoms with Crippen LogP contribution in [0.4, 0.5) is 13.2 Å². The number of nitrogens with one attached hydrogen (secondary N) is 1. The van der Waals surface area contributed by atoms with Gasteiger partial charge in [-0.15, -0.1) is 6.58 Å². The van der Waals surface area contributed by atoms with Crippen LogP contribution in [0, 0.1) is 0 Å². The molecule has 1 aliphatic rings. The molecule has 0 bridgehead atoms. The number of likely N-dealkylation sites (tertiary alicyclic amines) is 1. The number of halogens is 3. The van der Waals surface area contributed by atoms with Crippen molar-refractivity contribution in [3.8, 4) is 0 Å². The monoisotopic (exact) mass is 362 g/mol. The number of nitrogens with zero attached hydrogens (tertiary/aromatic N) is 1. The van der Waals surface area contributed by atoms with E-state index in [0.29, 0.717) is 0 Å². The Morgan fingerprint density at radius 2 is 2.00 bits per heavy atom. The van der Waals surface area contributed by atoms with Crippen molar-refractivity contribution < 1.29 is 26.4 Å². The maximum atomic E-state index is 13.0. The van der Waals surface area contributed by atoms with Crippen molar-refractivity contribution in [2.45, 2.75) is 25.2 Å². The first kappa shape index (κ1) is 18.5. The molecule has 1 aliphatic heterocycles. The summed E-state index contributed by atoms with van der Waals surface area (Å²) in [6.45, 7) is 3.15. The number of rotatable bonds is 6. The Labute approximate surface area is 138 Å². The van der Waals surface area contributed by atoms with E-state index in [1.807, 2.05) is 0 Å². The van der Waals surface area contributed by atoms with Crippen LogP contribution in [0.2, 0.25) is 0 Å². The molecule has 1 aromatic rings. The Balaban J connectivity index is 2.10. The Kier molecular flexibility index (Phi) is 5.34. The Morgan fingerprint density at radius 1 is 1.33 bits per heavy atom. The van der Waals surface area contributed by atoms with Gasteiger partial charge in [0.1, 0.15) is 0 Å². The highest BCUT2D eigenvalue weighted by Crippen LogP contribution is 2.32. The quantitative estimate of drug-likeness (QED) is 0.786. The van der Waals surface area contributed by atoms with Gasteiger partial charge in [0.25, 0.3) is 0 Å². The number of hydrogen-bond donors (Lipinski definition) is 1. The van der Waals surface area contributed by atoms with E-state index in [2.05, 4.69) is 11.3 Å². The van der Waals surface area contributed by atoms with E-state index in [1.54, 1.807) is 0 Å². The van der Waals surface area contributed by atoms with Gasteiger partial charge >= 0.3 is 6.18 Å². The van der Waals surface area contributed by atoms with Crippen molar-refractivity contribution in [1.82, 2.24) is 9.62 Å². The van der Waals surface area contributed by atoms with Gasteiger partial charge in [0.05, 0.1) is 11.3 Å². The minimum Gasteiger partial charge on any atom is -0.337 e. The van der Waals surface area contributed by atoms with Crippen molar-refractivity contribution in [2.24, 2.45) is 0 Å². The zero-order valence-corrected chi connectivity index (χ0v) is 13.5. The Morgan fingerprint density at radius 3 is 2.62 bits per heavy atom. The second kappa shape index (κ2) is 6.94. The van der Waals surface area contributed by atoms with E-state index in [0.717, 1.165) is 6.07 Å². The maximum Gasteiger partial charge on any atom is 0.416 e. The third kappa shape index (κ3) is 4.57. The van der Waals surface area contributed by atoms with Crippen LogP contribution >= 0.6 is 0 Å². The predicted molar refractivity (Wildman–Crippen MR) is 82.4 cm³/mol. The molecule has 0 saturated carbocycles. The summed E-state index contributed by atoms with van der Waals surface area (Å²) in [5, 5.41) is 0. The molecule has 132 valence electrons. The minimum absolute atomic E-state index is 0.0204. The van der Waals surface area contributed by atoms with Crippen LogP contribution in [-0.4, -0.2) is 37.6 Å². The van der Waals surface area contributed by atoms with Crippen LogP contribution in [0.15, 0.2) is 36.9 Å². The van der Waals surface area contributed by atoms with Gasteiger partial charge < -0.3 is 4.90 Å². The van der Waals surface area contributed by atoms with Gasteiger partial charge in [0.2, 0.25) is 15.9 Å². The lowest BCUT2D eigenvalue weighted by Gasteiger charge is -2.20. The van der Waals surface area contributed by atoms with Gasteiger partial charge in [-0.25, -0.2) is 13.1 Å². The molecule has 0 spiro atoms. The average molecular weight is 362 g/mol. The summed E-state index contributed by atoms with van der Waals surface area (Å²) in [7, 11) is -3.59. The highest BCUT2D eigenvalue weighted by Gasteiger charge is 2.36. The number of alkyl halides is 3. The molecule has 1 fully saturated rings. The lowest BCUT2D eigenvalue weighted by Crippen LogP contribution is -2.38. The van der Waals surface area contributed by atoms with E-state index >= 15 is 0 Å². The SMILES string of the molecule is C=CCS(=O)(=O)N[C@@H]1CC(=O)N(Cc2ccccc2C(F)(F)F)C1. The van der Waals surface area contributed by atoms with Crippen LogP contribution in [0.1, 0.15) is 17.5 Å². The largest absolute Gasteiger partial charge is 0.416 e. The third-order valence-corrected chi connectivity index (χ3v) is 4.95. The third-order valence-electron chi connectivity index (χ3n) is 3.58. The number of amides is 1. The van der Waals surface area contributed by atoms with Crippen molar-refractivity contribution in [2.75, 3.05) is 12.3 Å². The molecule has 9 heteroatoms.